The first-order valence-corrected chi connectivity index (χ1v) is 9.51. The van der Waals surface area contributed by atoms with Gasteiger partial charge in [-0.2, -0.15) is 13.2 Å². The molecule has 2 aromatic rings. The number of aromatic nitrogens is 1. The Morgan fingerprint density at radius 1 is 1.17 bits per heavy atom. The van der Waals surface area contributed by atoms with Gasteiger partial charge in [0, 0.05) is 25.8 Å². The van der Waals surface area contributed by atoms with Crippen LogP contribution >= 0.6 is 0 Å². The maximum Gasteiger partial charge on any atom is 0.417 e. The molecule has 1 aromatic carbocycles. The third-order valence-electron chi connectivity index (χ3n) is 5.02. The van der Waals surface area contributed by atoms with Gasteiger partial charge in [0.2, 0.25) is 0 Å². The molecule has 1 aliphatic rings. The predicted molar refractivity (Wildman–Crippen MR) is 103 cm³/mol. The Hall–Kier alpha value is -2.77. The fourth-order valence-corrected chi connectivity index (χ4v) is 3.37. The van der Waals surface area contributed by atoms with Gasteiger partial charge < -0.3 is 14.5 Å². The first-order chi connectivity index (χ1) is 13.8. The number of amides is 1. The van der Waals surface area contributed by atoms with E-state index in [0.29, 0.717) is 25.5 Å². The van der Waals surface area contributed by atoms with E-state index < -0.39 is 11.7 Å². The second-order valence-electron chi connectivity index (χ2n) is 7.39. The molecule has 0 N–H and O–H groups in total. The lowest BCUT2D eigenvalue weighted by Gasteiger charge is -2.43. The maximum atomic E-state index is 12.8. The van der Waals surface area contributed by atoms with Crippen molar-refractivity contribution in [1.29, 1.82) is 0 Å². The van der Waals surface area contributed by atoms with E-state index in [1.165, 1.54) is 6.07 Å². The molecule has 156 valence electrons. The maximum absolute atomic E-state index is 12.8. The van der Waals surface area contributed by atoms with Crippen LogP contribution in [0.25, 0.3) is 0 Å². The highest BCUT2D eigenvalue weighted by Crippen LogP contribution is 2.30. The lowest BCUT2D eigenvalue weighted by molar-refractivity contribution is -0.137. The Balaban J connectivity index is 1.65. The van der Waals surface area contributed by atoms with Crippen molar-refractivity contribution in [2.75, 3.05) is 24.5 Å². The molecule has 1 aliphatic heterocycles. The van der Waals surface area contributed by atoms with E-state index >= 15 is 0 Å². The van der Waals surface area contributed by atoms with Gasteiger partial charge in [0.15, 0.2) is 0 Å². The van der Waals surface area contributed by atoms with Crippen molar-refractivity contribution in [3.05, 3.63) is 59.8 Å². The number of halogens is 3. The van der Waals surface area contributed by atoms with Crippen molar-refractivity contribution >= 4 is 11.9 Å². The van der Waals surface area contributed by atoms with Gasteiger partial charge >= 0.3 is 12.3 Å². The van der Waals surface area contributed by atoms with Crippen molar-refractivity contribution in [2.24, 2.45) is 5.92 Å². The first kappa shape index (κ1) is 21.0. The number of pyridine rings is 1. The number of nitrogens with zero attached hydrogens (tertiary/aromatic N) is 3. The van der Waals surface area contributed by atoms with E-state index in [-0.39, 0.29) is 24.7 Å². The molecule has 1 atom stereocenters. The molecule has 1 fully saturated rings. The highest BCUT2D eigenvalue weighted by atomic mass is 19.4. The van der Waals surface area contributed by atoms with Crippen LogP contribution in [-0.2, 0) is 17.5 Å². The van der Waals surface area contributed by atoms with E-state index in [9.17, 15) is 18.0 Å². The lowest BCUT2D eigenvalue weighted by Crippen LogP contribution is -2.57. The first-order valence-electron chi connectivity index (χ1n) is 9.51. The molecule has 0 spiro atoms. The van der Waals surface area contributed by atoms with Crippen LogP contribution in [-0.4, -0.2) is 41.7 Å². The zero-order valence-electron chi connectivity index (χ0n) is 16.4. The summed E-state index contributed by atoms with van der Waals surface area (Å²) in [5.74, 6) is 0.651. The predicted octanol–water partition coefficient (Wildman–Crippen LogP) is 4.58. The van der Waals surface area contributed by atoms with Gasteiger partial charge in [-0.1, -0.05) is 44.2 Å². The summed E-state index contributed by atoms with van der Waals surface area (Å²) >= 11 is 0. The largest absolute Gasteiger partial charge is 0.445 e. The monoisotopic (exact) mass is 407 g/mol. The minimum Gasteiger partial charge on any atom is -0.445 e. The van der Waals surface area contributed by atoms with Gasteiger partial charge in [-0.3, -0.25) is 0 Å². The van der Waals surface area contributed by atoms with Gasteiger partial charge in [0.05, 0.1) is 11.6 Å². The molecule has 1 amide bonds. The fourth-order valence-electron chi connectivity index (χ4n) is 3.37. The number of anilines is 1. The number of alkyl halides is 3. The highest BCUT2D eigenvalue weighted by Gasteiger charge is 2.34. The summed E-state index contributed by atoms with van der Waals surface area (Å²) in [5, 5.41) is 0. The molecule has 0 bridgehead atoms. The number of piperazine rings is 1. The Bertz CT molecular complexity index is 810. The van der Waals surface area contributed by atoms with Crippen LogP contribution in [0.3, 0.4) is 0 Å². The van der Waals surface area contributed by atoms with E-state index in [4.69, 9.17) is 4.74 Å². The van der Waals surface area contributed by atoms with Crippen molar-refractivity contribution in [3.63, 3.8) is 0 Å². The van der Waals surface area contributed by atoms with E-state index in [2.05, 4.69) is 4.98 Å². The van der Waals surface area contributed by atoms with Crippen molar-refractivity contribution < 1.29 is 22.7 Å². The van der Waals surface area contributed by atoms with Gasteiger partial charge in [0.1, 0.15) is 12.4 Å². The lowest BCUT2D eigenvalue weighted by atomic mass is 9.99. The molecule has 2 heterocycles. The standard InChI is InChI=1S/C21H24F3N3O2/c1-15(2)18-13-26(20(28)29-14-16-6-4-3-5-7-16)10-11-27(18)19-9-8-17(12-25-19)21(22,23)24/h3-9,12,15,18H,10-11,13-14H2,1-2H3/t18-/m0/s1. The summed E-state index contributed by atoms with van der Waals surface area (Å²) in [6.45, 7) is 5.54. The molecule has 0 saturated carbocycles. The molecule has 5 nitrogen and oxygen atoms in total. The van der Waals surface area contributed by atoms with Crippen LogP contribution < -0.4 is 4.90 Å². The van der Waals surface area contributed by atoms with Crippen LogP contribution in [0.15, 0.2) is 48.7 Å². The fraction of sp³-hybridized carbons (Fsp3) is 0.429. The van der Waals surface area contributed by atoms with Crippen molar-refractivity contribution in [1.82, 2.24) is 9.88 Å². The topological polar surface area (TPSA) is 45.7 Å². The van der Waals surface area contributed by atoms with Gasteiger partial charge in [-0.25, -0.2) is 9.78 Å². The van der Waals surface area contributed by atoms with Crippen LogP contribution in [0.5, 0.6) is 0 Å². The normalized spacial score (nSPS) is 17.5. The second kappa shape index (κ2) is 8.71. The van der Waals surface area contributed by atoms with E-state index in [1.54, 1.807) is 4.90 Å². The Kier molecular flexibility index (Phi) is 6.30. The number of carbonyl (C=O) groups excluding carboxylic acids is 1. The van der Waals surface area contributed by atoms with Gasteiger partial charge in [-0.05, 0) is 23.6 Å². The van der Waals surface area contributed by atoms with Crippen LogP contribution in [0.1, 0.15) is 25.0 Å². The van der Waals surface area contributed by atoms with E-state index in [0.717, 1.165) is 17.8 Å². The highest BCUT2D eigenvalue weighted by molar-refractivity contribution is 5.68. The Morgan fingerprint density at radius 2 is 1.90 bits per heavy atom. The molecular formula is C21H24F3N3O2. The average Bonchev–Trinajstić information content (AvgIpc) is 2.71. The summed E-state index contributed by atoms with van der Waals surface area (Å²) in [6.07, 6.45) is -3.95. The zero-order chi connectivity index (χ0) is 21.0. The molecule has 29 heavy (non-hydrogen) atoms. The van der Waals surface area contributed by atoms with Gasteiger partial charge in [-0.15, -0.1) is 0 Å². The van der Waals surface area contributed by atoms with Crippen LogP contribution in [0.2, 0.25) is 0 Å². The average molecular weight is 407 g/mol. The number of rotatable bonds is 4. The quantitative estimate of drug-likeness (QED) is 0.744. The molecule has 3 rings (SSSR count). The summed E-state index contributed by atoms with van der Waals surface area (Å²) < 4.78 is 43.8. The zero-order valence-corrected chi connectivity index (χ0v) is 16.4. The van der Waals surface area contributed by atoms with Crippen molar-refractivity contribution in [3.8, 4) is 0 Å². The number of hydrogen-bond donors (Lipinski definition) is 0. The summed E-state index contributed by atoms with van der Waals surface area (Å²) in [6, 6.07) is 11.8. The molecule has 0 radical (unpaired) electrons. The minimum absolute atomic E-state index is 0.0720. The van der Waals surface area contributed by atoms with Crippen LogP contribution in [0.4, 0.5) is 23.8 Å². The molecule has 8 heteroatoms. The smallest absolute Gasteiger partial charge is 0.417 e. The second-order valence-corrected chi connectivity index (χ2v) is 7.39. The number of hydrogen-bond acceptors (Lipinski definition) is 4. The molecule has 1 aromatic heterocycles. The van der Waals surface area contributed by atoms with Gasteiger partial charge in [0.25, 0.3) is 0 Å². The Morgan fingerprint density at radius 3 is 2.48 bits per heavy atom. The summed E-state index contributed by atoms with van der Waals surface area (Å²) in [5.41, 5.74) is 0.138. The third-order valence-corrected chi connectivity index (χ3v) is 5.02. The Labute approximate surface area is 168 Å². The third kappa shape index (κ3) is 5.19. The summed E-state index contributed by atoms with van der Waals surface area (Å²) in [7, 11) is 0. The number of ether oxygens (including phenoxy) is 1. The minimum atomic E-state index is -4.41. The van der Waals surface area contributed by atoms with E-state index in [1.807, 2.05) is 49.1 Å². The molecular weight excluding hydrogens is 383 g/mol. The van der Waals surface area contributed by atoms with Crippen LogP contribution in [0, 0.1) is 5.92 Å². The summed E-state index contributed by atoms with van der Waals surface area (Å²) in [4.78, 5) is 20.1. The molecule has 0 unspecified atom stereocenters. The van der Waals surface area contributed by atoms with Crippen molar-refractivity contribution in [2.45, 2.75) is 32.7 Å². The number of carbonyl (C=O) groups is 1. The molecule has 1 saturated heterocycles. The molecule has 0 aliphatic carbocycles. The SMILES string of the molecule is CC(C)[C@@H]1CN(C(=O)OCc2ccccc2)CCN1c1ccc(C(F)(F)F)cn1. The number of benzene rings is 1.